The van der Waals surface area contributed by atoms with Crippen molar-refractivity contribution in [2.45, 2.75) is 6.92 Å². The second-order valence-electron chi connectivity index (χ2n) is 2.97. The largest absolute Gasteiger partial charge is 0.293 e. The van der Waals surface area contributed by atoms with E-state index >= 15 is 0 Å². The molecule has 0 radical (unpaired) electrons. The van der Waals surface area contributed by atoms with Gasteiger partial charge in [0.05, 0.1) is 0 Å². The lowest BCUT2D eigenvalue weighted by molar-refractivity contribution is 0.102. The Balaban J connectivity index is 2.79. The Hall–Kier alpha value is -1.16. The Morgan fingerprint density at radius 2 is 1.79 bits per heavy atom. The average Bonchev–Trinajstić information content (AvgIpc) is 2.19. The van der Waals surface area contributed by atoms with Gasteiger partial charge in [-0.1, -0.05) is 37.3 Å². The van der Waals surface area contributed by atoms with Crippen LogP contribution in [0.1, 0.15) is 17.3 Å². The number of sulfone groups is 1. The van der Waals surface area contributed by atoms with Crippen LogP contribution in [0.25, 0.3) is 0 Å². The molecule has 1 rings (SSSR count). The van der Waals surface area contributed by atoms with Crippen LogP contribution in [0.15, 0.2) is 30.3 Å². The summed E-state index contributed by atoms with van der Waals surface area (Å²) in [5.41, 5.74) is 0.449. The molecule has 0 saturated heterocycles. The van der Waals surface area contributed by atoms with Crippen molar-refractivity contribution in [3.05, 3.63) is 35.9 Å². The topological polar surface area (TPSA) is 51.2 Å². The summed E-state index contributed by atoms with van der Waals surface area (Å²) in [6.45, 7) is 1.54. The highest BCUT2D eigenvalue weighted by atomic mass is 32.2. The van der Waals surface area contributed by atoms with Gasteiger partial charge in [-0.3, -0.25) is 4.79 Å². The van der Waals surface area contributed by atoms with Crippen LogP contribution in [-0.4, -0.2) is 25.7 Å². The summed E-state index contributed by atoms with van der Waals surface area (Å²) in [5.74, 6) is -0.730. The first-order valence-electron chi connectivity index (χ1n) is 4.34. The Morgan fingerprint density at radius 1 is 1.21 bits per heavy atom. The third-order valence-electron chi connectivity index (χ3n) is 1.89. The number of hydrogen-bond acceptors (Lipinski definition) is 3. The lowest BCUT2D eigenvalue weighted by atomic mass is 10.2. The Bertz CT molecular complexity index is 406. The molecule has 0 heterocycles. The second kappa shape index (κ2) is 4.37. The summed E-state index contributed by atoms with van der Waals surface area (Å²) < 4.78 is 22.3. The van der Waals surface area contributed by atoms with Gasteiger partial charge in [0.2, 0.25) is 0 Å². The Morgan fingerprint density at radius 3 is 2.29 bits per heavy atom. The molecule has 1 aromatic rings. The molecule has 0 atom stereocenters. The molecule has 76 valence electrons. The quantitative estimate of drug-likeness (QED) is 0.707. The first kappa shape index (κ1) is 10.9. The highest BCUT2D eigenvalue weighted by molar-refractivity contribution is 7.92. The fourth-order valence-electron chi connectivity index (χ4n) is 1.01. The van der Waals surface area contributed by atoms with Gasteiger partial charge in [0, 0.05) is 11.3 Å². The minimum atomic E-state index is -3.22. The second-order valence-corrected chi connectivity index (χ2v) is 5.32. The van der Waals surface area contributed by atoms with Crippen LogP contribution in [0.4, 0.5) is 0 Å². The first-order chi connectivity index (χ1) is 6.55. The van der Waals surface area contributed by atoms with E-state index < -0.39 is 15.6 Å². The molecule has 0 fully saturated rings. The molecule has 4 heteroatoms. The third-order valence-corrected chi connectivity index (χ3v) is 3.47. The van der Waals surface area contributed by atoms with Gasteiger partial charge in [-0.05, 0) is 0 Å². The maximum absolute atomic E-state index is 11.4. The SMILES string of the molecule is CCS(=O)(=O)CC(=O)c1ccccc1. The molecule has 0 N–H and O–H groups in total. The van der Waals surface area contributed by atoms with Gasteiger partial charge >= 0.3 is 0 Å². The molecule has 0 spiro atoms. The van der Waals surface area contributed by atoms with Crippen molar-refractivity contribution in [2.24, 2.45) is 0 Å². The van der Waals surface area contributed by atoms with E-state index in [4.69, 9.17) is 0 Å². The van der Waals surface area contributed by atoms with Gasteiger partial charge in [-0.15, -0.1) is 0 Å². The van der Waals surface area contributed by atoms with Crippen molar-refractivity contribution in [3.63, 3.8) is 0 Å². The predicted octanol–water partition coefficient (Wildman–Crippen LogP) is 1.30. The van der Waals surface area contributed by atoms with Gasteiger partial charge in [0.15, 0.2) is 15.6 Å². The molecule has 0 bridgehead atoms. The van der Waals surface area contributed by atoms with Gasteiger partial charge in [-0.2, -0.15) is 0 Å². The summed E-state index contributed by atoms with van der Waals surface area (Å²) >= 11 is 0. The molecule has 0 aliphatic carbocycles. The molecule has 14 heavy (non-hydrogen) atoms. The molecule has 0 amide bonds. The molecule has 0 unspecified atom stereocenters. The zero-order valence-electron chi connectivity index (χ0n) is 7.93. The number of carbonyl (C=O) groups excluding carboxylic acids is 1. The number of benzene rings is 1. The van der Waals surface area contributed by atoms with Crippen molar-refractivity contribution >= 4 is 15.6 Å². The zero-order chi connectivity index (χ0) is 10.6. The summed E-state index contributed by atoms with van der Waals surface area (Å²) in [5, 5.41) is 0. The minimum absolute atomic E-state index is 0.00553. The van der Waals surface area contributed by atoms with Crippen LogP contribution in [-0.2, 0) is 9.84 Å². The van der Waals surface area contributed by atoms with Gasteiger partial charge in [-0.25, -0.2) is 8.42 Å². The Labute approximate surface area is 83.7 Å². The lowest BCUT2D eigenvalue weighted by Gasteiger charge is -2.00. The van der Waals surface area contributed by atoms with Crippen molar-refractivity contribution in [1.29, 1.82) is 0 Å². The van der Waals surface area contributed by atoms with E-state index in [1.165, 1.54) is 6.92 Å². The lowest BCUT2D eigenvalue weighted by Crippen LogP contribution is -2.17. The average molecular weight is 212 g/mol. The standard InChI is InChI=1S/C10H12O3S/c1-2-14(12,13)8-10(11)9-6-4-3-5-7-9/h3-7H,2,8H2,1H3. The van der Waals surface area contributed by atoms with E-state index in [9.17, 15) is 13.2 Å². The molecule has 1 aromatic carbocycles. The first-order valence-corrected chi connectivity index (χ1v) is 6.16. The van der Waals surface area contributed by atoms with Crippen molar-refractivity contribution in [1.82, 2.24) is 0 Å². The van der Waals surface area contributed by atoms with Crippen molar-refractivity contribution in [3.8, 4) is 0 Å². The maximum Gasteiger partial charge on any atom is 0.177 e. The minimum Gasteiger partial charge on any atom is -0.293 e. The van der Waals surface area contributed by atoms with Crippen LogP contribution < -0.4 is 0 Å². The monoisotopic (exact) mass is 212 g/mol. The summed E-state index contributed by atoms with van der Waals surface area (Å²) in [6.07, 6.45) is 0. The molecular weight excluding hydrogens is 200 g/mol. The normalized spacial score (nSPS) is 11.2. The molecular formula is C10H12O3S. The fraction of sp³-hybridized carbons (Fsp3) is 0.300. The van der Waals surface area contributed by atoms with E-state index in [0.29, 0.717) is 5.56 Å². The fourth-order valence-corrected chi connectivity index (χ4v) is 1.78. The van der Waals surface area contributed by atoms with Crippen LogP contribution in [0.2, 0.25) is 0 Å². The number of Topliss-reactive ketones (excluding diaryl/α,β-unsaturated/α-hetero) is 1. The Kier molecular flexibility index (Phi) is 3.41. The molecule has 0 aliphatic heterocycles. The van der Waals surface area contributed by atoms with Crippen LogP contribution in [0, 0.1) is 0 Å². The highest BCUT2D eigenvalue weighted by Gasteiger charge is 2.15. The number of ketones is 1. The van der Waals surface area contributed by atoms with E-state index in [2.05, 4.69) is 0 Å². The van der Waals surface area contributed by atoms with E-state index in [-0.39, 0.29) is 11.5 Å². The van der Waals surface area contributed by atoms with Crippen LogP contribution in [0.5, 0.6) is 0 Å². The van der Waals surface area contributed by atoms with Crippen LogP contribution in [0.3, 0.4) is 0 Å². The number of hydrogen-bond donors (Lipinski definition) is 0. The molecule has 0 aliphatic rings. The third kappa shape index (κ3) is 2.96. The summed E-state index contributed by atoms with van der Waals surface area (Å²) in [4.78, 5) is 11.4. The zero-order valence-corrected chi connectivity index (χ0v) is 8.75. The molecule has 3 nitrogen and oxygen atoms in total. The molecule has 0 aromatic heterocycles. The number of rotatable bonds is 4. The number of carbonyl (C=O) groups is 1. The van der Waals surface area contributed by atoms with E-state index in [1.807, 2.05) is 0 Å². The van der Waals surface area contributed by atoms with Crippen molar-refractivity contribution < 1.29 is 13.2 Å². The summed E-state index contributed by atoms with van der Waals surface area (Å²) in [6, 6.07) is 8.45. The van der Waals surface area contributed by atoms with Gasteiger partial charge < -0.3 is 0 Å². The van der Waals surface area contributed by atoms with Gasteiger partial charge in [0.25, 0.3) is 0 Å². The summed E-state index contributed by atoms with van der Waals surface area (Å²) in [7, 11) is -3.22. The van der Waals surface area contributed by atoms with Crippen molar-refractivity contribution in [2.75, 3.05) is 11.5 Å². The smallest absolute Gasteiger partial charge is 0.177 e. The highest BCUT2D eigenvalue weighted by Crippen LogP contribution is 2.02. The van der Waals surface area contributed by atoms with E-state index in [1.54, 1.807) is 30.3 Å². The van der Waals surface area contributed by atoms with Gasteiger partial charge in [0.1, 0.15) is 5.75 Å². The maximum atomic E-state index is 11.4. The van der Waals surface area contributed by atoms with Crippen LogP contribution >= 0.6 is 0 Å². The van der Waals surface area contributed by atoms with E-state index in [0.717, 1.165) is 0 Å². The predicted molar refractivity (Wildman–Crippen MR) is 55.1 cm³/mol. The molecule has 0 saturated carbocycles.